The fourth-order valence-corrected chi connectivity index (χ4v) is 3.36. The van der Waals surface area contributed by atoms with Crippen LogP contribution in [0.3, 0.4) is 0 Å². The number of furan rings is 1. The number of carbonyl (C=O) groups excluding carboxylic acids is 2. The van der Waals surface area contributed by atoms with Crippen LogP contribution in [-0.2, 0) is 16.1 Å². The summed E-state index contributed by atoms with van der Waals surface area (Å²) in [6.45, 7) is 4.05. The van der Waals surface area contributed by atoms with E-state index in [-0.39, 0.29) is 30.7 Å². The van der Waals surface area contributed by atoms with Crippen molar-refractivity contribution in [3.63, 3.8) is 0 Å². The SMILES string of the molecule is CCCN(Cc1nnc(-c2ccco2)o1)C(=O)C[C@@H](NC(C)=O)c1ccccc1Cl. The molecule has 0 aliphatic carbocycles. The molecule has 3 rings (SSSR count). The monoisotopic (exact) mass is 430 g/mol. The summed E-state index contributed by atoms with van der Waals surface area (Å²) >= 11 is 6.29. The zero-order chi connectivity index (χ0) is 21.5. The Labute approximate surface area is 179 Å². The summed E-state index contributed by atoms with van der Waals surface area (Å²) in [5.74, 6) is 0.623. The molecule has 1 N–H and O–H groups in total. The first-order valence-corrected chi connectivity index (χ1v) is 10.0. The maximum atomic E-state index is 13.1. The summed E-state index contributed by atoms with van der Waals surface area (Å²) < 4.78 is 10.9. The first kappa shape index (κ1) is 21.6. The fraction of sp³-hybridized carbons (Fsp3) is 0.333. The van der Waals surface area contributed by atoms with Crippen LogP contribution in [0, 0.1) is 0 Å². The van der Waals surface area contributed by atoms with Crippen molar-refractivity contribution in [1.29, 1.82) is 0 Å². The molecule has 0 saturated heterocycles. The predicted molar refractivity (Wildman–Crippen MR) is 110 cm³/mol. The molecule has 0 bridgehead atoms. The van der Waals surface area contributed by atoms with Crippen molar-refractivity contribution in [3.05, 3.63) is 59.1 Å². The Kier molecular flexibility index (Phi) is 7.24. The lowest BCUT2D eigenvalue weighted by Crippen LogP contribution is -2.36. The molecule has 8 nitrogen and oxygen atoms in total. The molecule has 2 heterocycles. The van der Waals surface area contributed by atoms with Crippen LogP contribution in [0.2, 0.25) is 5.02 Å². The van der Waals surface area contributed by atoms with Gasteiger partial charge in [-0.05, 0) is 30.2 Å². The second-order valence-corrected chi connectivity index (χ2v) is 7.18. The van der Waals surface area contributed by atoms with Gasteiger partial charge in [0.2, 0.25) is 17.7 Å². The standard InChI is InChI=1S/C21H23ClN4O4/c1-3-10-26(13-19-24-25-21(30-19)18-9-6-11-29-18)20(28)12-17(23-14(2)27)15-7-4-5-8-16(15)22/h4-9,11,17H,3,10,12-13H2,1-2H3,(H,23,27)/t17-/m1/s1. The van der Waals surface area contributed by atoms with E-state index in [0.29, 0.717) is 28.8 Å². The molecule has 0 unspecified atom stereocenters. The summed E-state index contributed by atoms with van der Waals surface area (Å²) in [7, 11) is 0. The number of aromatic nitrogens is 2. The molecular formula is C21H23ClN4O4. The quantitative estimate of drug-likeness (QED) is 0.550. The minimum atomic E-state index is -0.538. The van der Waals surface area contributed by atoms with Gasteiger partial charge in [0.1, 0.15) is 0 Å². The lowest BCUT2D eigenvalue weighted by molar-refractivity contribution is -0.133. The number of halogens is 1. The highest BCUT2D eigenvalue weighted by Crippen LogP contribution is 2.26. The number of hydrogen-bond donors (Lipinski definition) is 1. The van der Waals surface area contributed by atoms with Gasteiger partial charge in [0.25, 0.3) is 5.89 Å². The summed E-state index contributed by atoms with van der Waals surface area (Å²) in [6.07, 6.45) is 2.33. The smallest absolute Gasteiger partial charge is 0.283 e. The molecule has 30 heavy (non-hydrogen) atoms. The minimum Gasteiger partial charge on any atom is -0.459 e. The van der Waals surface area contributed by atoms with E-state index in [9.17, 15) is 9.59 Å². The van der Waals surface area contributed by atoms with Crippen molar-refractivity contribution >= 4 is 23.4 Å². The maximum Gasteiger partial charge on any atom is 0.283 e. The molecule has 2 aromatic heterocycles. The van der Waals surface area contributed by atoms with Crippen LogP contribution in [0.15, 0.2) is 51.5 Å². The fourth-order valence-electron chi connectivity index (χ4n) is 3.09. The van der Waals surface area contributed by atoms with Crippen molar-refractivity contribution in [2.75, 3.05) is 6.54 Å². The van der Waals surface area contributed by atoms with Gasteiger partial charge >= 0.3 is 0 Å². The molecule has 1 aromatic carbocycles. The highest BCUT2D eigenvalue weighted by molar-refractivity contribution is 6.31. The van der Waals surface area contributed by atoms with E-state index in [2.05, 4.69) is 15.5 Å². The minimum absolute atomic E-state index is 0.0580. The van der Waals surface area contributed by atoms with Gasteiger partial charge < -0.3 is 19.1 Å². The zero-order valence-electron chi connectivity index (χ0n) is 16.8. The molecule has 0 spiro atoms. The molecule has 2 amide bonds. The normalized spacial score (nSPS) is 11.8. The topological polar surface area (TPSA) is 101 Å². The first-order valence-electron chi connectivity index (χ1n) is 9.63. The molecule has 0 saturated carbocycles. The third-order valence-electron chi connectivity index (χ3n) is 4.41. The van der Waals surface area contributed by atoms with Gasteiger partial charge in [-0.2, -0.15) is 0 Å². The van der Waals surface area contributed by atoms with Gasteiger partial charge in [0.05, 0.1) is 25.3 Å². The van der Waals surface area contributed by atoms with E-state index in [4.69, 9.17) is 20.4 Å². The molecule has 3 aromatic rings. The predicted octanol–water partition coefficient (Wildman–Crippen LogP) is 3.99. The summed E-state index contributed by atoms with van der Waals surface area (Å²) in [6, 6.07) is 10.1. The zero-order valence-corrected chi connectivity index (χ0v) is 17.6. The van der Waals surface area contributed by atoms with Gasteiger partial charge in [-0.3, -0.25) is 9.59 Å². The van der Waals surface area contributed by atoms with Gasteiger partial charge in [-0.1, -0.05) is 36.7 Å². The van der Waals surface area contributed by atoms with Crippen molar-refractivity contribution in [3.8, 4) is 11.7 Å². The first-order chi connectivity index (χ1) is 14.5. The van der Waals surface area contributed by atoms with Crippen LogP contribution >= 0.6 is 11.6 Å². The third-order valence-corrected chi connectivity index (χ3v) is 4.75. The van der Waals surface area contributed by atoms with Crippen LogP contribution in [0.5, 0.6) is 0 Å². The van der Waals surface area contributed by atoms with Crippen molar-refractivity contribution in [2.45, 2.75) is 39.3 Å². The van der Waals surface area contributed by atoms with E-state index in [1.807, 2.05) is 13.0 Å². The van der Waals surface area contributed by atoms with E-state index < -0.39 is 6.04 Å². The van der Waals surface area contributed by atoms with Crippen molar-refractivity contribution < 1.29 is 18.4 Å². The molecule has 0 aliphatic heterocycles. The second kappa shape index (κ2) is 10.1. The Morgan fingerprint density at radius 3 is 2.67 bits per heavy atom. The van der Waals surface area contributed by atoms with Crippen molar-refractivity contribution in [1.82, 2.24) is 20.4 Å². The molecule has 0 radical (unpaired) electrons. The average molecular weight is 431 g/mol. The number of benzene rings is 1. The summed E-state index contributed by atoms with van der Waals surface area (Å²) in [5, 5.41) is 11.3. The molecule has 0 aliphatic rings. The lowest BCUT2D eigenvalue weighted by Gasteiger charge is -2.25. The van der Waals surface area contributed by atoms with Gasteiger partial charge in [-0.15, -0.1) is 10.2 Å². The summed E-state index contributed by atoms with van der Waals surface area (Å²) in [5.41, 5.74) is 0.692. The number of rotatable bonds is 9. The van der Waals surface area contributed by atoms with Crippen LogP contribution < -0.4 is 5.32 Å². The third kappa shape index (κ3) is 5.48. The Morgan fingerprint density at radius 1 is 1.20 bits per heavy atom. The molecule has 1 atom stereocenters. The Balaban J connectivity index is 1.75. The van der Waals surface area contributed by atoms with Crippen molar-refractivity contribution in [2.24, 2.45) is 0 Å². The van der Waals surface area contributed by atoms with E-state index in [0.717, 1.165) is 6.42 Å². The summed E-state index contributed by atoms with van der Waals surface area (Å²) in [4.78, 5) is 26.4. The van der Waals surface area contributed by atoms with E-state index in [1.54, 1.807) is 35.2 Å². The average Bonchev–Trinajstić information content (AvgIpc) is 3.39. The van der Waals surface area contributed by atoms with Crippen LogP contribution in [0.1, 0.15) is 44.2 Å². The maximum absolute atomic E-state index is 13.1. The lowest BCUT2D eigenvalue weighted by atomic mass is 10.0. The van der Waals surface area contributed by atoms with Crippen LogP contribution in [0.25, 0.3) is 11.7 Å². The largest absolute Gasteiger partial charge is 0.459 e. The van der Waals surface area contributed by atoms with E-state index in [1.165, 1.54) is 13.2 Å². The number of nitrogens with one attached hydrogen (secondary N) is 1. The molecule has 9 heteroatoms. The Hall–Kier alpha value is -3.13. The highest BCUT2D eigenvalue weighted by atomic mass is 35.5. The van der Waals surface area contributed by atoms with Crippen LogP contribution in [-0.4, -0.2) is 33.5 Å². The van der Waals surface area contributed by atoms with Crippen LogP contribution in [0.4, 0.5) is 0 Å². The number of amides is 2. The number of hydrogen-bond acceptors (Lipinski definition) is 6. The van der Waals surface area contributed by atoms with Gasteiger partial charge in [0.15, 0.2) is 5.76 Å². The second-order valence-electron chi connectivity index (χ2n) is 6.77. The van der Waals surface area contributed by atoms with E-state index >= 15 is 0 Å². The van der Waals surface area contributed by atoms with Gasteiger partial charge in [-0.25, -0.2) is 0 Å². The molecule has 158 valence electrons. The highest BCUT2D eigenvalue weighted by Gasteiger charge is 2.24. The number of carbonyl (C=O) groups is 2. The molecular weight excluding hydrogens is 408 g/mol. The number of nitrogens with zero attached hydrogens (tertiary/aromatic N) is 3. The molecule has 0 fully saturated rings. The Morgan fingerprint density at radius 2 is 2.00 bits per heavy atom. The van der Waals surface area contributed by atoms with Gasteiger partial charge in [0, 0.05) is 18.5 Å². The Bertz CT molecular complexity index is 987.